The number of rotatable bonds is 4. The van der Waals surface area contributed by atoms with E-state index in [1.165, 1.54) is 5.56 Å². The zero-order valence-corrected chi connectivity index (χ0v) is 8.33. The maximum atomic E-state index is 5.80. The lowest BCUT2D eigenvalue weighted by Crippen LogP contribution is -2.38. The van der Waals surface area contributed by atoms with Crippen molar-refractivity contribution in [3.05, 3.63) is 35.9 Å². The maximum absolute atomic E-state index is 5.80. The average Bonchev–Trinajstić information content (AvgIpc) is 2.19. The molecule has 3 N–H and O–H groups in total. The Bertz CT molecular complexity index is 233. The van der Waals surface area contributed by atoms with E-state index >= 15 is 0 Å². The molecule has 0 aliphatic rings. The van der Waals surface area contributed by atoms with E-state index in [-0.39, 0.29) is 6.17 Å². The van der Waals surface area contributed by atoms with Crippen molar-refractivity contribution in [3.8, 4) is 0 Å². The second-order valence-electron chi connectivity index (χ2n) is 3.31. The highest BCUT2D eigenvalue weighted by atomic mass is 15.0. The molecule has 0 fully saturated rings. The smallest absolute Gasteiger partial charge is 0.0548 e. The van der Waals surface area contributed by atoms with Gasteiger partial charge < -0.3 is 5.73 Å². The highest BCUT2D eigenvalue weighted by Crippen LogP contribution is 2.11. The summed E-state index contributed by atoms with van der Waals surface area (Å²) >= 11 is 0. The van der Waals surface area contributed by atoms with Crippen LogP contribution in [0.1, 0.15) is 31.9 Å². The van der Waals surface area contributed by atoms with E-state index < -0.39 is 0 Å². The molecule has 13 heavy (non-hydrogen) atoms. The molecule has 0 saturated heterocycles. The van der Waals surface area contributed by atoms with Crippen molar-refractivity contribution in [2.45, 2.75) is 32.5 Å². The van der Waals surface area contributed by atoms with Crippen LogP contribution in [-0.4, -0.2) is 6.17 Å². The van der Waals surface area contributed by atoms with Gasteiger partial charge in [0.1, 0.15) is 0 Å². The van der Waals surface area contributed by atoms with Crippen molar-refractivity contribution in [1.29, 1.82) is 0 Å². The second-order valence-corrected chi connectivity index (χ2v) is 3.31. The summed E-state index contributed by atoms with van der Waals surface area (Å²) in [5.41, 5.74) is 7.08. The van der Waals surface area contributed by atoms with Crippen LogP contribution in [0, 0.1) is 0 Å². The normalized spacial score (nSPS) is 15.3. The summed E-state index contributed by atoms with van der Waals surface area (Å²) in [5, 5.41) is 3.32. The van der Waals surface area contributed by atoms with Crippen molar-refractivity contribution in [2.24, 2.45) is 5.73 Å². The highest BCUT2D eigenvalue weighted by molar-refractivity contribution is 5.18. The van der Waals surface area contributed by atoms with Crippen LogP contribution in [0.15, 0.2) is 30.3 Å². The van der Waals surface area contributed by atoms with E-state index in [4.69, 9.17) is 5.73 Å². The zero-order valence-electron chi connectivity index (χ0n) is 8.33. The van der Waals surface area contributed by atoms with Crippen LogP contribution in [-0.2, 0) is 0 Å². The van der Waals surface area contributed by atoms with Crippen molar-refractivity contribution < 1.29 is 0 Å². The Morgan fingerprint density at radius 1 is 1.31 bits per heavy atom. The van der Waals surface area contributed by atoms with Crippen LogP contribution in [0.3, 0.4) is 0 Å². The highest BCUT2D eigenvalue weighted by Gasteiger charge is 2.06. The molecule has 1 rings (SSSR count). The minimum absolute atomic E-state index is 0.0928. The van der Waals surface area contributed by atoms with Crippen molar-refractivity contribution in [2.75, 3.05) is 0 Å². The van der Waals surface area contributed by atoms with Crippen molar-refractivity contribution in [1.82, 2.24) is 5.32 Å². The fourth-order valence-electron chi connectivity index (χ4n) is 1.28. The van der Waals surface area contributed by atoms with E-state index in [9.17, 15) is 0 Å². The van der Waals surface area contributed by atoms with Gasteiger partial charge in [-0.1, -0.05) is 37.3 Å². The number of hydrogen-bond acceptors (Lipinski definition) is 2. The lowest BCUT2D eigenvalue weighted by molar-refractivity contribution is 0.453. The molecule has 0 bridgehead atoms. The predicted molar refractivity (Wildman–Crippen MR) is 56.3 cm³/mol. The molecule has 0 saturated carbocycles. The molecule has 0 spiro atoms. The van der Waals surface area contributed by atoms with Crippen LogP contribution in [0.2, 0.25) is 0 Å². The fourth-order valence-corrected chi connectivity index (χ4v) is 1.28. The van der Waals surface area contributed by atoms with Gasteiger partial charge in [-0.25, -0.2) is 0 Å². The summed E-state index contributed by atoms with van der Waals surface area (Å²) in [5.74, 6) is 0. The number of nitrogens with two attached hydrogens (primary N) is 1. The fraction of sp³-hybridized carbons (Fsp3) is 0.455. The van der Waals surface area contributed by atoms with Gasteiger partial charge in [-0.2, -0.15) is 0 Å². The van der Waals surface area contributed by atoms with Gasteiger partial charge >= 0.3 is 0 Å². The number of hydrogen-bond donors (Lipinski definition) is 2. The first-order chi connectivity index (χ1) is 6.24. The summed E-state index contributed by atoms with van der Waals surface area (Å²) in [7, 11) is 0. The molecule has 2 unspecified atom stereocenters. The van der Waals surface area contributed by atoms with Gasteiger partial charge in [-0.05, 0) is 18.9 Å². The van der Waals surface area contributed by atoms with E-state index in [1.807, 2.05) is 18.2 Å². The topological polar surface area (TPSA) is 38.0 Å². The summed E-state index contributed by atoms with van der Waals surface area (Å²) < 4.78 is 0. The van der Waals surface area contributed by atoms with Crippen LogP contribution in [0.4, 0.5) is 0 Å². The average molecular weight is 178 g/mol. The Morgan fingerprint density at radius 3 is 2.46 bits per heavy atom. The van der Waals surface area contributed by atoms with Gasteiger partial charge in [0.05, 0.1) is 6.17 Å². The molecule has 0 aromatic heterocycles. The lowest BCUT2D eigenvalue weighted by atomic mass is 10.1. The van der Waals surface area contributed by atoms with Crippen molar-refractivity contribution >= 4 is 0 Å². The molecule has 2 nitrogen and oxygen atoms in total. The van der Waals surface area contributed by atoms with E-state index in [1.54, 1.807) is 0 Å². The molecule has 1 aromatic carbocycles. The number of nitrogens with one attached hydrogen (secondary N) is 1. The molecule has 0 aliphatic heterocycles. The summed E-state index contributed by atoms with van der Waals surface area (Å²) in [4.78, 5) is 0. The van der Waals surface area contributed by atoms with Gasteiger partial charge in [0, 0.05) is 6.04 Å². The van der Waals surface area contributed by atoms with Crippen LogP contribution < -0.4 is 11.1 Å². The third kappa shape index (κ3) is 3.17. The molecule has 72 valence electrons. The van der Waals surface area contributed by atoms with Crippen LogP contribution in [0.5, 0.6) is 0 Å². The monoisotopic (exact) mass is 178 g/mol. The van der Waals surface area contributed by atoms with Gasteiger partial charge in [0.2, 0.25) is 0 Å². The minimum atomic E-state index is 0.0928. The Morgan fingerprint density at radius 2 is 1.92 bits per heavy atom. The first-order valence-electron chi connectivity index (χ1n) is 4.80. The van der Waals surface area contributed by atoms with Gasteiger partial charge in [-0.3, -0.25) is 5.32 Å². The molecule has 2 heteroatoms. The molecular formula is C11H18N2. The van der Waals surface area contributed by atoms with Gasteiger partial charge in [-0.15, -0.1) is 0 Å². The Kier molecular flexibility index (Phi) is 3.93. The summed E-state index contributed by atoms with van der Waals surface area (Å²) in [6, 6.07) is 10.7. The maximum Gasteiger partial charge on any atom is 0.0548 e. The quantitative estimate of drug-likeness (QED) is 0.692. The Balaban J connectivity index is 2.53. The molecule has 0 heterocycles. The number of benzene rings is 1. The molecular weight excluding hydrogens is 160 g/mol. The lowest BCUT2D eigenvalue weighted by Gasteiger charge is -2.18. The van der Waals surface area contributed by atoms with Gasteiger partial charge in [0.25, 0.3) is 0 Å². The first kappa shape index (κ1) is 10.2. The van der Waals surface area contributed by atoms with E-state index in [0.29, 0.717) is 6.04 Å². The Labute approximate surface area is 80.1 Å². The molecule has 0 aliphatic carbocycles. The second kappa shape index (κ2) is 5.00. The molecule has 0 radical (unpaired) electrons. The Hall–Kier alpha value is -0.860. The molecule has 2 atom stereocenters. The zero-order chi connectivity index (χ0) is 9.68. The standard InChI is InChI=1S/C11H18N2/c1-3-11(12)13-9(2)10-7-5-4-6-8-10/h4-9,11,13H,3,12H2,1-2H3. The SMILES string of the molecule is CCC(N)NC(C)c1ccccc1. The summed E-state index contributed by atoms with van der Waals surface area (Å²) in [6.45, 7) is 4.21. The molecule has 0 amide bonds. The largest absolute Gasteiger partial charge is 0.316 e. The summed E-state index contributed by atoms with van der Waals surface area (Å²) in [6.07, 6.45) is 1.05. The third-order valence-corrected chi connectivity index (χ3v) is 2.20. The molecule has 1 aromatic rings. The van der Waals surface area contributed by atoms with Crippen LogP contribution >= 0.6 is 0 Å². The van der Waals surface area contributed by atoms with E-state index in [0.717, 1.165) is 6.42 Å². The van der Waals surface area contributed by atoms with Gasteiger partial charge in [0.15, 0.2) is 0 Å². The minimum Gasteiger partial charge on any atom is -0.316 e. The van der Waals surface area contributed by atoms with E-state index in [2.05, 4.69) is 31.3 Å². The predicted octanol–water partition coefficient (Wildman–Crippen LogP) is 2.03. The third-order valence-electron chi connectivity index (χ3n) is 2.20. The first-order valence-corrected chi connectivity index (χ1v) is 4.80. The van der Waals surface area contributed by atoms with Crippen molar-refractivity contribution in [3.63, 3.8) is 0 Å². The van der Waals surface area contributed by atoms with Crippen LogP contribution in [0.25, 0.3) is 0 Å².